The fraction of sp³-hybridized carbons (Fsp3) is 0.750. The molecule has 0 aliphatic carbocycles. The van der Waals surface area contributed by atoms with E-state index in [1.54, 1.807) is 14.0 Å². The Morgan fingerprint density at radius 1 is 1.33 bits per heavy atom. The number of hydrogen-bond acceptors (Lipinski definition) is 2. The van der Waals surface area contributed by atoms with Crippen LogP contribution in [0.25, 0.3) is 0 Å². The highest BCUT2D eigenvalue weighted by Crippen LogP contribution is 2.27. The molecule has 0 bridgehead atoms. The van der Waals surface area contributed by atoms with E-state index in [0.717, 1.165) is 0 Å². The Labute approximate surface area is 72.1 Å². The molecule has 0 saturated carbocycles. The highest BCUT2D eigenvalue weighted by atomic mass is 16.2. The molecule has 0 aromatic rings. The lowest BCUT2D eigenvalue weighted by atomic mass is 9.98. The second-order valence-corrected chi connectivity index (χ2v) is 3.33. The topological polar surface area (TPSA) is 40.6 Å². The van der Waals surface area contributed by atoms with E-state index >= 15 is 0 Å². The van der Waals surface area contributed by atoms with Crippen molar-refractivity contribution in [3.8, 4) is 0 Å². The number of imide groups is 1. The van der Waals surface area contributed by atoms with Crippen molar-refractivity contribution >= 4 is 11.9 Å². The smallest absolute Gasteiger partial charge is 0.313 e. The van der Waals surface area contributed by atoms with Gasteiger partial charge in [-0.25, -0.2) is 4.79 Å². The summed E-state index contributed by atoms with van der Waals surface area (Å²) < 4.78 is 0. The predicted molar refractivity (Wildman–Crippen MR) is 44.6 cm³/mol. The fourth-order valence-corrected chi connectivity index (χ4v) is 1.42. The van der Waals surface area contributed by atoms with Crippen LogP contribution in [0.3, 0.4) is 0 Å². The lowest BCUT2D eigenvalue weighted by molar-refractivity contribution is -0.131. The molecular weight excluding hydrogens is 156 g/mol. The van der Waals surface area contributed by atoms with Crippen LogP contribution in [0.15, 0.2) is 0 Å². The molecule has 0 unspecified atom stereocenters. The van der Waals surface area contributed by atoms with Crippen molar-refractivity contribution in [3.05, 3.63) is 0 Å². The molecule has 1 atom stereocenters. The van der Waals surface area contributed by atoms with Crippen molar-refractivity contribution in [3.63, 3.8) is 0 Å². The number of rotatable bonds is 1. The van der Waals surface area contributed by atoms with Crippen LogP contribution < -0.4 is 0 Å². The number of carbonyl (C=O) groups is 2. The van der Waals surface area contributed by atoms with Crippen molar-refractivity contribution in [2.24, 2.45) is 0 Å². The van der Waals surface area contributed by atoms with Crippen LogP contribution in [0.1, 0.15) is 20.3 Å². The molecular formula is C8H14N2O2. The van der Waals surface area contributed by atoms with E-state index in [1.165, 1.54) is 16.8 Å². The average molecular weight is 170 g/mol. The zero-order chi connectivity index (χ0) is 9.52. The summed E-state index contributed by atoms with van der Waals surface area (Å²) in [6, 6.07) is -0.218. The summed E-state index contributed by atoms with van der Waals surface area (Å²) in [5.74, 6) is -0.113. The lowest BCUT2D eigenvalue weighted by Crippen LogP contribution is -2.44. The zero-order valence-electron chi connectivity index (χ0n) is 7.92. The van der Waals surface area contributed by atoms with Gasteiger partial charge < -0.3 is 4.90 Å². The monoisotopic (exact) mass is 170 g/mol. The third-order valence-corrected chi connectivity index (χ3v) is 2.77. The van der Waals surface area contributed by atoms with Crippen molar-refractivity contribution in [1.29, 1.82) is 0 Å². The molecule has 0 aromatic carbocycles. The van der Waals surface area contributed by atoms with Crippen LogP contribution >= 0.6 is 0 Å². The molecule has 0 radical (unpaired) electrons. The second-order valence-electron chi connectivity index (χ2n) is 3.33. The van der Waals surface area contributed by atoms with Gasteiger partial charge in [0.05, 0.1) is 0 Å². The summed E-state index contributed by atoms with van der Waals surface area (Å²) in [5.41, 5.74) is -0.633. The molecule has 3 amide bonds. The first-order valence-corrected chi connectivity index (χ1v) is 4.01. The van der Waals surface area contributed by atoms with Gasteiger partial charge in [-0.05, 0) is 13.3 Å². The van der Waals surface area contributed by atoms with E-state index in [4.69, 9.17) is 0 Å². The molecule has 4 heteroatoms. The maximum Gasteiger partial charge on any atom is 0.327 e. The molecule has 4 nitrogen and oxygen atoms in total. The van der Waals surface area contributed by atoms with Crippen LogP contribution in [0.4, 0.5) is 4.79 Å². The van der Waals surface area contributed by atoms with Gasteiger partial charge in [-0.3, -0.25) is 9.69 Å². The molecule has 12 heavy (non-hydrogen) atoms. The van der Waals surface area contributed by atoms with Crippen LogP contribution in [0, 0.1) is 0 Å². The minimum Gasteiger partial charge on any atom is -0.313 e. The van der Waals surface area contributed by atoms with Gasteiger partial charge in [-0.15, -0.1) is 0 Å². The van der Waals surface area contributed by atoms with Gasteiger partial charge in [-0.2, -0.15) is 0 Å². The third kappa shape index (κ3) is 0.838. The highest BCUT2D eigenvalue weighted by Gasteiger charge is 2.49. The standard InChI is InChI=1S/C8H14N2O2/c1-5-8(2)6(11)9(3)7(12)10(8)4/h5H2,1-4H3/t8-/m1/s1. The Hall–Kier alpha value is -1.06. The van der Waals surface area contributed by atoms with Gasteiger partial charge in [0.15, 0.2) is 0 Å². The van der Waals surface area contributed by atoms with Crippen molar-refractivity contribution in [2.75, 3.05) is 14.1 Å². The molecule has 1 rings (SSSR count). The summed E-state index contributed by atoms with van der Waals surface area (Å²) in [6.45, 7) is 3.69. The molecule has 68 valence electrons. The van der Waals surface area contributed by atoms with E-state index in [-0.39, 0.29) is 11.9 Å². The predicted octanol–water partition coefficient (Wildman–Crippen LogP) is 0.679. The van der Waals surface area contributed by atoms with Gasteiger partial charge >= 0.3 is 6.03 Å². The third-order valence-electron chi connectivity index (χ3n) is 2.77. The summed E-state index contributed by atoms with van der Waals surface area (Å²) in [7, 11) is 3.18. The van der Waals surface area contributed by atoms with Gasteiger partial charge in [0.2, 0.25) is 0 Å². The Balaban J connectivity index is 3.06. The van der Waals surface area contributed by atoms with Crippen LogP contribution in [0.5, 0.6) is 0 Å². The molecule has 0 spiro atoms. The summed E-state index contributed by atoms with van der Waals surface area (Å²) in [4.78, 5) is 25.5. The highest BCUT2D eigenvalue weighted by molar-refractivity contribution is 6.06. The first-order valence-electron chi connectivity index (χ1n) is 4.01. The normalized spacial score (nSPS) is 30.3. The SMILES string of the molecule is CC[C@]1(C)C(=O)N(C)C(=O)N1C. The van der Waals surface area contributed by atoms with Gasteiger partial charge in [0.1, 0.15) is 5.54 Å². The second kappa shape index (κ2) is 2.47. The first kappa shape index (κ1) is 9.03. The zero-order valence-corrected chi connectivity index (χ0v) is 7.92. The minimum atomic E-state index is -0.633. The van der Waals surface area contributed by atoms with Crippen LogP contribution in [-0.2, 0) is 4.79 Å². The van der Waals surface area contributed by atoms with Gasteiger partial charge in [0, 0.05) is 14.1 Å². The number of urea groups is 1. The molecule has 0 aromatic heterocycles. The number of hydrogen-bond donors (Lipinski definition) is 0. The van der Waals surface area contributed by atoms with Gasteiger partial charge in [0.25, 0.3) is 5.91 Å². The van der Waals surface area contributed by atoms with Crippen LogP contribution in [0.2, 0.25) is 0 Å². The van der Waals surface area contributed by atoms with Crippen LogP contribution in [-0.4, -0.2) is 41.4 Å². The van der Waals surface area contributed by atoms with E-state index in [9.17, 15) is 9.59 Å². The fourth-order valence-electron chi connectivity index (χ4n) is 1.42. The Morgan fingerprint density at radius 3 is 2.00 bits per heavy atom. The van der Waals surface area contributed by atoms with Gasteiger partial charge in [-0.1, -0.05) is 6.92 Å². The average Bonchev–Trinajstić information content (AvgIpc) is 2.22. The van der Waals surface area contributed by atoms with E-state index < -0.39 is 5.54 Å². The number of likely N-dealkylation sites (N-methyl/N-ethyl adjacent to an activating group) is 2. The van der Waals surface area contributed by atoms with E-state index in [0.29, 0.717) is 6.42 Å². The number of carbonyl (C=O) groups excluding carboxylic acids is 2. The Bertz CT molecular complexity index is 239. The van der Waals surface area contributed by atoms with E-state index in [1.807, 2.05) is 6.92 Å². The quantitative estimate of drug-likeness (QED) is 0.543. The van der Waals surface area contributed by atoms with Crippen molar-refractivity contribution in [1.82, 2.24) is 9.80 Å². The maximum absolute atomic E-state index is 11.5. The number of nitrogens with zero attached hydrogens (tertiary/aromatic N) is 2. The molecule has 1 fully saturated rings. The lowest BCUT2D eigenvalue weighted by Gasteiger charge is -2.26. The van der Waals surface area contributed by atoms with Crippen molar-refractivity contribution < 1.29 is 9.59 Å². The first-order chi connectivity index (χ1) is 5.45. The molecule has 1 aliphatic heterocycles. The number of amides is 3. The summed E-state index contributed by atoms with van der Waals surface area (Å²) in [5, 5.41) is 0. The van der Waals surface area contributed by atoms with Crippen molar-refractivity contribution in [2.45, 2.75) is 25.8 Å². The largest absolute Gasteiger partial charge is 0.327 e. The summed E-state index contributed by atoms with van der Waals surface area (Å²) >= 11 is 0. The Morgan fingerprint density at radius 2 is 1.83 bits per heavy atom. The molecule has 1 heterocycles. The Kier molecular flexibility index (Phi) is 1.86. The summed E-state index contributed by atoms with van der Waals surface area (Å²) in [6.07, 6.45) is 0.651. The molecule has 0 N–H and O–H groups in total. The molecule has 1 saturated heterocycles. The minimum absolute atomic E-state index is 0.113. The molecule has 1 aliphatic rings. The maximum atomic E-state index is 11.5. The van der Waals surface area contributed by atoms with E-state index in [2.05, 4.69) is 0 Å².